The molecule has 0 radical (unpaired) electrons. The second kappa shape index (κ2) is 10.5. The Labute approximate surface area is 159 Å². The normalized spacial score (nSPS) is 10.7. The van der Waals surface area contributed by atoms with E-state index in [9.17, 15) is 0 Å². The van der Waals surface area contributed by atoms with E-state index in [1.807, 2.05) is 6.92 Å². The molecule has 0 bridgehead atoms. The summed E-state index contributed by atoms with van der Waals surface area (Å²) in [6, 6.07) is 12.5. The molecule has 25 heavy (non-hydrogen) atoms. The Morgan fingerprint density at radius 3 is 2.60 bits per heavy atom. The highest BCUT2D eigenvalue weighted by Crippen LogP contribution is 2.37. The van der Waals surface area contributed by atoms with Crippen LogP contribution in [-0.2, 0) is 13.2 Å². The number of unbranched alkanes of at least 4 members (excludes halogenated alkanes) is 1. The molecule has 0 heterocycles. The van der Waals surface area contributed by atoms with Gasteiger partial charge in [0.25, 0.3) is 0 Å². The first-order valence-corrected chi connectivity index (χ1v) is 9.77. The molecule has 0 aromatic heterocycles. The van der Waals surface area contributed by atoms with Crippen LogP contribution in [-0.4, -0.2) is 13.2 Å². The summed E-state index contributed by atoms with van der Waals surface area (Å²) < 4.78 is 12.8. The van der Waals surface area contributed by atoms with E-state index in [2.05, 4.69) is 71.5 Å². The predicted molar refractivity (Wildman–Crippen MR) is 107 cm³/mol. The first-order chi connectivity index (χ1) is 12.1. The van der Waals surface area contributed by atoms with Crippen LogP contribution in [0.3, 0.4) is 0 Å². The smallest absolute Gasteiger partial charge is 0.175 e. The molecule has 2 aromatic rings. The van der Waals surface area contributed by atoms with Crippen molar-refractivity contribution in [3.05, 3.63) is 57.6 Å². The van der Waals surface area contributed by atoms with Gasteiger partial charge in [-0.2, -0.15) is 0 Å². The van der Waals surface area contributed by atoms with Crippen molar-refractivity contribution in [1.82, 2.24) is 5.32 Å². The topological polar surface area (TPSA) is 30.5 Å². The molecule has 136 valence electrons. The highest BCUT2D eigenvalue weighted by atomic mass is 79.9. The van der Waals surface area contributed by atoms with Gasteiger partial charge in [-0.05, 0) is 66.0 Å². The second-order valence-electron chi connectivity index (χ2n) is 6.15. The quantitative estimate of drug-likeness (QED) is 0.519. The largest absolute Gasteiger partial charge is 0.490 e. The van der Waals surface area contributed by atoms with Crippen LogP contribution in [0.2, 0.25) is 0 Å². The number of benzene rings is 2. The standard InChI is InChI=1S/C21H28BrNO2/c1-4-6-10-23-14-18-12-19(22)21(20(13-18)24-5-2)25-15-17-9-7-8-16(3)11-17/h7-9,11-13,23H,4-6,10,14-15H2,1-3H3. The van der Waals surface area contributed by atoms with E-state index in [1.54, 1.807) is 0 Å². The lowest BCUT2D eigenvalue weighted by atomic mass is 10.1. The summed E-state index contributed by atoms with van der Waals surface area (Å²) in [6.45, 7) is 9.27. The number of rotatable bonds is 10. The Bertz CT molecular complexity index is 673. The number of aryl methyl sites for hydroxylation is 1. The Morgan fingerprint density at radius 2 is 1.88 bits per heavy atom. The first-order valence-electron chi connectivity index (χ1n) is 8.98. The molecule has 0 aliphatic rings. The molecule has 0 saturated heterocycles. The summed E-state index contributed by atoms with van der Waals surface area (Å²) in [5, 5.41) is 3.47. The van der Waals surface area contributed by atoms with Gasteiger partial charge in [-0.25, -0.2) is 0 Å². The van der Waals surface area contributed by atoms with Gasteiger partial charge in [-0.3, -0.25) is 0 Å². The monoisotopic (exact) mass is 405 g/mol. The summed E-state index contributed by atoms with van der Waals surface area (Å²) in [4.78, 5) is 0. The Balaban J connectivity index is 2.10. The number of hydrogen-bond donors (Lipinski definition) is 1. The third-order valence-corrected chi connectivity index (χ3v) is 4.46. The minimum Gasteiger partial charge on any atom is -0.490 e. The van der Waals surface area contributed by atoms with Gasteiger partial charge in [0.2, 0.25) is 0 Å². The summed E-state index contributed by atoms with van der Waals surface area (Å²) in [5.41, 5.74) is 3.58. The molecule has 0 fully saturated rings. The van der Waals surface area contributed by atoms with Gasteiger partial charge >= 0.3 is 0 Å². The van der Waals surface area contributed by atoms with Crippen molar-refractivity contribution in [1.29, 1.82) is 0 Å². The Kier molecular flexibility index (Phi) is 8.29. The molecular formula is C21H28BrNO2. The molecule has 4 heteroatoms. The minimum atomic E-state index is 0.522. The lowest BCUT2D eigenvalue weighted by molar-refractivity contribution is 0.267. The van der Waals surface area contributed by atoms with Crippen LogP contribution in [0.5, 0.6) is 11.5 Å². The zero-order valence-electron chi connectivity index (χ0n) is 15.4. The summed E-state index contributed by atoms with van der Waals surface area (Å²) in [6.07, 6.45) is 2.39. The van der Waals surface area contributed by atoms with Crippen LogP contribution in [0.1, 0.15) is 43.4 Å². The maximum atomic E-state index is 6.07. The van der Waals surface area contributed by atoms with Crippen LogP contribution in [0, 0.1) is 6.92 Å². The van der Waals surface area contributed by atoms with Crippen molar-refractivity contribution in [2.75, 3.05) is 13.2 Å². The van der Waals surface area contributed by atoms with Gasteiger partial charge in [-0.15, -0.1) is 0 Å². The van der Waals surface area contributed by atoms with E-state index in [0.717, 1.165) is 34.6 Å². The summed E-state index contributed by atoms with van der Waals surface area (Å²) >= 11 is 3.65. The highest BCUT2D eigenvalue weighted by Gasteiger charge is 2.12. The van der Waals surface area contributed by atoms with Gasteiger partial charge in [0.1, 0.15) is 6.61 Å². The Morgan fingerprint density at radius 1 is 1.04 bits per heavy atom. The highest BCUT2D eigenvalue weighted by molar-refractivity contribution is 9.10. The molecule has 0 aliphatic carbocycles. The van der Waals surface area contributed by atoms with Gasteiger partial charge in [0.15, 0.2) is 11.5 Å². The third-order valence-electron chi connectivity index (χ3n) is 3.87. The minimum absolute atomic E-state index is 0.522. The fraction of sp³-hybridized carbons (Fsp3) is 0.429. The number of ether oxygens (including phenoxy) is 2. The molecule has 3 nitrogen and oxygen atoms in total. The van der Waals surface area contributed by atoms with Gasteiger partial charge in [0.05, 0.1) is 11.1 Å². The maximum absolute atomic E-state index is 6.07. The molecule has 2 rings (SSSR count). The second-order valence-corrected chi connectivity index (χ2v) is 7.00. The first kappa shape index (κ1) is 19.8. The van der Waals surface area contributed by atoms with Crippen LogP contribution < -0.4 is 14.8 Å². The van der Waals surface area contributed by atoms with Gasteiger partial charge in [-0.1, -0.05) is 43.2 Å². The fourth-order valence-electron chi connectivity index (χ4n) is 2.62. The van der Waals surface area contributed by atoms with Crippen molar-refractivity contribution in [3.63, 3.8) is 0 Å². The van der Waals surface area contributed by atoms with E-state index in [0.29, 0.717) is 13.2 Å². The van der Waals surface area contributed by atoms with Crippen LogP contribution in [0.25, 0.3) is 0 Å². The lowest BCUT2D eigenvalue weighted by Crippen LogP contribution is -2.14. The lowest BCUT2D eigenvalue weighted by Gasteiger charge is -2.16. The molecular weight excluding hydrogens is 378 g/mol. The van der Waals surface area contributed by atoms with E-state index in [1.165, 1.54) is 24.0 Å². The van der Waals surface area contributed by atoms with Gasteiger partial charge in [0, 0.05) is 6.54 Å². The molecule has 0 spiro atoms. The van der Waals surface area contributed by atoms with Crippen molar-refractivity contribution in [3.8, 4) is 11.5 Å². The average molecular weight is 406 g/mol. The third kappa shape index (κ3) is 6.37. The van der Waals surface area contributed by atoms with Crippen LogP contribution >= 0.6 is 15.9 Å². The van der Waals surface area contributed by atoms with E-state index >= 15 is 0 Å². The summed E-state index contributed by atoms with van der Waals surface area (Å²) in [7, 11) is 0. The molecule has 0 unspecified atom stereocenters. The maximum Gasteiger partial charge on any atom is 0.175 e. The SMILES string of the molecule is CCCCNCc1cc(Br)c(OCc2cccc(C)c2)c(OCC)c1. The number of halogens is 1. The molecule has 0 atom stereocenters. The van der Waals surface area contributed by atoms with E-state index < -0.39 is 0 Å². The van der Waals surface area contributed by atoms with Crippen LogP contribution in [0.4, 0.5) is 0 Å². The Hall–Kier alpha value is -1.52. The van der Waals surface area contributed by atoms with Crippen molar-refractivity contribution in [2.45, 2.75) is 46.8 Å². The zero-order valence-corrected chi connectivity index (χ0v) is 17.0. The van der Waals surface area contributed by atoms with Crippen molar-refractivity contribution in [2.24, 2.45) is 0 Å². The van der Waals surface area contributed by atoms with Crippen molar-refractivity contribution < 1.29 is 9.47 Å². The molecule has 2 aromatic carbocycles. The van der Waals surface area contributed by atoms with Crippen LogP contribution in [0.15, 0.2) is 40.9 Å². The van der Waals surface area contributed by atoms with E-state index in [4.69, 9.17) is 9.47 Å². The molecule has 0 saturated carbocycles. The van der Waals surface area contributed by atoms with Gasteiger partial charge < -0.3 is 14.8 Å². The molecule has 0 aliphatic heterocycles. The summed E-state index contributed by atoms with van der Waals surface area (Å²) in [5.74, 6) is 1.55. The molecule has 1 N–H and O–H groups in total. The predicted octanol–water partition coefficient (Wildman–Crippen LogP) is 5.62. The average Bonchev–Trinajstić information content (AvgIpc) is 2.58. The number of hydrogen-bond acceptors (Lipinski definition) is 3. The fourth-order valence-corrected chi connectivity index (χ4v) is 3.22. The number of nitrogens with one attached hydrogen (secondary N) is 1. The molecule has 0 amide bonds. The van der Waals surface area contributed by atoms with Crippen molar-refractivity contribution >= 4 is 15.9 Å². The zero-order chi connectivity index (χ0) is 18.1. The van der Waals surface area contributed by atoms with E-state index in [-0.39, 0.29) is 0 Å².